The number of halogens is 4. The van der Waals surface area contributed by atoms with E-state index in [-0.39, 0.29) is 17.0 Å². The average molecular weight is 319 g/mol. The quantitative estimate of drug-likeness (QED) is 0.884. The molecule has 0 amide bonds. The van der Waals surface area contributed by atoms with Crippen molar-refractivity contribution in [3.05, 3.63) is 39.9 Å². The Hall–Kier alpha value is -2.16. The fourth-order valence-electron chi connectivity index (χ4n) is 2.32. The molecule has 0 aliphatic carbocycles. The topological polar surface area (TPSA) is 59.9 Å². The zero-order chi connectivity index (χ0) is 16.7. The third-order valence-corrected chi connectivity index (χ3v) is 3.26. The molecule has 5 nitrogen and oxygen atoms in total. The van der Waals surface area contributed by atoms with Crippen LogP contribution in [0.4, 0.5) is 17.6 Å². The van der Waals surface area contributed by atoms with Crippen LogP contribution in [0, 0.1) is 6.92 Å². The number of pyridine rings is 1. The number of methoxy groups -OCH3 is 1. The van der Waals surface area contributed by atoms with Crippen LogP contribution in [0.25, 0.3) is 11.3 Å². The molecule has 0 aliphatic rings. The van der Waals surface area contributed by atoms with Gasteiger partial charge in [0.05, 0.1) is 22.5 Å². The van der Waals surface area contributed by atoms with Gasteiger partial charge in [-0.2, -0.15) is 22.7 Å². The summed E-state index contributed by atoms with van der Waals surface area (Å²) < 4.78 is 59.2. The summed E-state index contributed by atoms with van der Waals surface area (Å²) in [7, 11) is 1.93. The van der Waals surface area contributed by atoms with Gasteiger partial charge in [-0.25, -0.2) is 0 Å². The Morgan fingerprint density at radius 3 is 2.45 bits per heavy atom. The monoisotopic (exact) mass is 319 g/mol. The predicted molar refractivity (Wildman–Crippen MR) is 69.9 cm³/mol. The first-order chi connectivity index (χ1) is 10.1. The maximum absolute atomic E-state index is 14.6. The van der Waals surface area contributed by atoms with Crippen LogP contribution in [-0.4, -0.2) is 28.1 Å². The number of aryl methyl sites for hydroxylation is 2. The largest absolute Gasteiger partial charge is 0.453 e. The van der Waals surface area contributed by atoms with Crippen LogP contribution in [0.3, 0.4) is 0 Å². The smallest absolute Gasteiger partial charge is 0.339 e. The standard InChI is InChI=1S/C13H13F4N3O2/c1-7-9(12(14,22-3)13(15,16)17)10(20(2)19-7)8-5-4-6-18-11(8)21/h4-6H,1-3H3,(H,18,21). The molecule has 0 aromatic carbocycles. The Morgan fingerprint density at radius 1 is 1.32 bits per heavy atom. The highest BCUT2D eigenvalue weighted by atomic mass is 19.4. The summed E-state index contributed by atoms with van der Waals surface area (Å²) >= 11 is 0. The number of aromatic amines is 1. The number of ether oxygens (including phenoxy) is 1. The van der Waals surface area contributed by atoms with Crippen molar-refractivity contribution >= 4 is 0 Å². The van der Waals surface area contributed by atoms with Crippen LogP contribution in [0.1, 0.15) is 11.3 Å². The van der Waals surface area contributed by atoms with Gasteiger partial charge in [-0.05, 0) is 19.1 Å². The molecule has 2 aromatic rings. The molecule has 22 heavy (non-hydrogen) atoms. The SMILES string of the molecule is COC(F)(c1c(C)nn(C)c1-c1ccc[nH]c1=O)C(F)(F)F. The minimum absolute atomic E-state index is 0.135. The third-order valence-electron chi connectivity index (χ3n) is 3.26. The number of nitrogens with one attached hydrogen (secondary N) is 1. The maximum atomic E-state index is 14.6. The number of hydrogen-bond acceptors (Lipinski definition) is 3. The van der Waals surface area contributed by atoms with Crippen molar-refractivity contribution in [2.75, 3.05) is 7.11 Å². The van der Waals surface area contributed by atoms with Gasteiger partial charge in [-0.1, -0.05) is 0 Å². The van der Waals surface area contributed by atoms with Crippen LogP contribution in [0.5, 0.6) is 0 Å². The molecule has 1 N–H and O–H groups in total. The van der Waals surface area contributed by atoms with Gasteiger partial charge in [0.2, 0.25) is 0 Å². The van der Waals surface area contributed by atoms with E-state index in [1.807, 2.05) is 0 Å². The highest BCUT2D eigenvalue weighted by Gasteiger charge is 2.61. The molecule has 0 spiro atoms. The highest BCUT2D eigenvalue weighted by molar-refractivity contribution is 5.65. The van der Waals surface area contributed by atoms with Gasteiger partial charge in [-0.15, -0.1) is 0 Å². The van der Waals surface area contributed by atoms with Gasteiger partial charge in [-0.3, -0.25) is 9.48 Å². The van der Waals surface area contributed by atoms with Crippen molar-refractivity contribution in [3.8, 4) is 11.3 Å². The van der Waals surface area contributed by atoms with E-state index in [4.69, 9.17) is 0 Å². The Kier molecular flexibility index (Phi) is 3.86. The van der Waals surface area contributed by atoms with Crippen molar-refractivity contribution in [1.29, 1.82) is 0 Å². The number of aromatic nitrogens is 3. The molecule has 2 heterocycles. The predicted octanol–water partition coefficient (Wildman–Crippen LogP) is 2.41. The minimum Gasteiger partial charge on any atom is -0.339 e. The van der Waals surface area contributed by atoms with E-state index < -0.39 is 23.2 Å². The van der Waals surface area contributed by atoms with E-state index in [0.29, 0.717) is 7.11 Å². The summed E-state index contributed by atoms with van der Waals surface area (Å²) in [5.74, 6) is -4.07. The lowest BCUT2D eigenvalue weighted by Gasteiger charge is -2.27. The Balaban J connectivity index is 2.85. The maximum Gasteiger partial charge on any atom is 0.453 e. The molecule has 0 aliphatic heterocycles. The summed E-state index contributed by atoms with van der Waals surface area (Å²) in [5.41, 5.74) is -2.14. The van der Waals surface area contributed by atoms with Crippen molar-refractivity contribution in [2.24, 2.45) is 7.05 Å². The molecule has 120 valence electrons. The van der Waals surface area contributed by atoms with Crippen molar-refractivity contribution in [1.82, 2.24) is 14.8 Å². The van der Waals surface area contributed by atoms with Gasteiger partial charge in [0.25, 0.3) is 5.56 Å². The van der Waals surface area contributed by atoms with Crippen LogP contribution in [0.15, 0.2) is 23.1 Å². The number of H-pyrrole nitrogens is 1. The van der Waals surface area contributed by atoms with Gasteiger partial charge < -0.3 is 9.72 Å². The number of nitrogens with zero attached hydrogens (tertiary/aromatic N) is 2. The van der Waals surface area contributed by atoms with Gasteiger partial charge in [0.1, 0.15) is 0 Å². The molecule has 9 heteroatoms. The molecular formula is C13H13F4N3O2. The first-order valence-corrected chi connectivity index (χ1v) is 6.16. The fourth-order valence-corrected chi connectivity index (χ4v) is 2.32. The van der Waals surface area contributed by atoms with E-state index in [1.165, 1.54) is 32.3 Å². The van der Waals surface area contributed by atoms with Gasteiger partial charge >= 0.3 is 12.0 Å². The molecule has 0 saturated carbocycles. The van der Waals surface area contributed by atoms with Crippen molar-refractivity contribution in [2.45, 2.75) is 19.0 Å². The summed E-state index contributed by atoms with van der Waals surface area (Å²) in [6, 6.07) is 2.70. The molecule has 0 fully saturated rings. The Morgan fingerprint density at radius 2 is 1.95 bits per heavy atom. The van der Waals surface area contributed by atoms with Gasteiger partial charge in [0.15, 0.2) is 0 Å². The van der Waals surface area contributed by atoms with Gasteiger partial charge in [0, 0.05) is 20.4 Å². The second-order valence-corrected chi connectivity index (χ2v) is 4.64. The summed E-state index contributed by atoms with van der Waals surface area (Å²) in [4.78, 5) is 14.2. The van der Waals surface area contributed by atoms with E-state index in [1.54, 1.807) is 0 Å². The van der Waals surface area contributed by atoms with Crippen LogP contribution in [-0.2, 0) is 17.6 Å². The summed E-state index contributed by atoms with van der Waals surface area (Å²) in [6.45, 7) is 1.22. The van der Waals surface area contributed by atoms with Crippen molar-refractivity contribution in [3.63, 3.8) is 0 Å². The summed E-state index contributed by atoms with van der Waals surface area (Å²) in [5, 5.41) is 3.80. The lowest BCUT2D eigenvalue weighted by atomic mass is 10.00. The molecule has 0 radical (unpaired) electrons. The number of alkyl halides is 4. The zero-order valence-electron chi connectivity index (χ0n) is 12.0. The Labute approximate surface area is 122 Å². The normalized spacial score (nSPS) is 14.9. The lowest BCUT2D eigenvalue weighted by molar-refractivity contribution is -0.333. The van der Waals surface area contributed by atoms with Crippen LogP contribution < -0.4 is 5.56 Å². The van der Waals surface area contributed by atoms with Crippen LogP contribution in [0.2, 0.25) is 0 Å². The van der Waals surface area contributed by atoms with E-state index in [9.17, 15) is 22.4 Å². The minimum atomic E-state index is -5.33. The molecule has 1 atom stereocenters. The second-order valence-electron chi connectivity index (χ2n) is 4.64. The van der Waals surface area contributed by atoms with E-state index in [0.717, 1.165) is 4.68 Å². The molecular weight excluding hydrogens is 306 g/mol. The molecule has 2 rings (SSSR count). The Bertz CT molecular complexity index is 750. The number of rotatable bonds is 3. The van der Waals surface area contributed by atoms with E-state index >= 15 is 0 Å². The second kappa shape index (κ2) is 5.24. The first kappa shape index (κ1) is 16.2. The molecule has 2 aromatic heterocycles. The van der Waals surface area contributed by atoms with Crippen molar-refractivity contribution < 1.29 is 22.3 Å². The fraction of sp³-hybridized carbons (Fsp3) is 0.385. The lowest BCUT2D eigenvalue weighted by Crippen LogP contribution is -2.40. The van der Waals surface area contributed by atoms with Crippen LogP contribution >= 0.6 is 0 Å². The van der Waals surface area contributed by atoms with E-state index in [2.05, 4.69) is 14.8 Å². The highest BCUT2D eigenvalue weighted by Crippen LogP contribution is 2.47. The molecule has 0 saturated heterocycles. The first-order valence-electron chi connectivity index (χ1n) is 6.16. The average Bonchev–Trinajstić information content (AvgIpc) is 2.72. The molecule has 1 unspecified atom stereocenters. The molecule has 0 bridgehead atoms. The zero-order valence-corrected chi connectivity index (χ0v) is 12.0. The number of hydrogen-bond donors (Lipinski definition) is 1. The summed E-state index contributed by atoms with van der Waals surface area (Å²) in [6.07, 6.45) is -4.01. The third kappa shape index (κ3) is 2.31.